The second kappa shape index (κ2) is 6.24. The number of amides is 1. The number of rotatable bonds is 3. The molecule has 1 heterocycles. The first-order chi connectivity index (χ1) is 9.49. The average Bonchev–Trinajstić information content (AvgIpc) is 2.42. The quantitative estimate of drug-likeness (QED) is 0.911. The highest BCUT2D eigenvalue weighted by molar-refractivity contribution is 9.10. The summed E-state index contributed by atoms with van der Waals surface area (Å²) in [5, 5.41) is 3.16. The van der Waals surface area contributed by atoms with Crippen LogP contribution in [0.2, 0.25) is 5.02 Å². The van der Waals surface area contributed by atoms with E-state index in [9.17, 15) is 4.79 Å². The Bertz CT molecular complexity index is 629. The monoisotopic (exact) mass is 353 g/mol. The Morgan fingerprint density at radius 1 is 1.30 bits per heavy atom. The zero-order valence-corrected chi connectivity index (χ0v) is 13.4. The van der Waals surface area contributed by atoms with Gasteiger partial charge in [-0.1, -0.05) is 17.7 Å². The maximum Gasteiger partial charge on any atom is 0.257 e. The van der Waals surface area contributed by atoms with E-state index in [0.29, 0.717) is 20.7 Å². The molecular formula is C14H13BrClN3O. The molecule has 0 aliphatic heterocycles. The van der Waals surface area contributed by atoms with Gasteiger partial charge in [-0.15, -0.1) is 0 Å². The minimum absolute atomic E-state index is 0.268. The van der Waals surface area contributed by atoms with Crippen molar-refractivity contribution in [2.45, 2.75) is 0 Å². The molecule has 0 saturated carbocycles. The van der Waals surface area contributed by atoms with Crippen molar-refractivity contribution in [3.05, 3.63) is 51.6 Å². The van der Waals surface area contributed by atoms with Gasteiger partial charge in [-0.25, -0.2) is 4.98 Å². The van der Waals surface area contributed by atoms with Gasteiger partial charge in [0.25, 0.3) is 5.91 Å². The van der Waals surface area contributed by atoms with E-state index in [1.54, 1.807) is 30.5 Å². The maximum absolute atomic E-state index is 12.2. The van der Waals surface area contributed by atoms with Crippen LogP contribution in [0.4, 0.5) is 11.5 Å². The van der Waals surface area contributed by atoms with Crippen LogP contribution in [-0.4, -0.2) is 25.0 Å². The molecular weight excluding hydrogens is 342 g/mol. The molecule has 104 valence electrons. The van der Waals surface area contributed by atoms with E-state index in [1.165, 1.54) is 0 Å². The van der Waals surface area contributed by atoms with Crippen LogP contribution in [0.15, 0.2) is 41.0 Å². The van der Waals surface area contributed by atoms with E-state index in [0.717, 1.165) is 5.82 Å². The van der Waals surface area contributed by atoms with Crippen molar-refractivity contribution in [3.8, 4) is 0 Å². The van der Waals surface area contributed by atoms with Gasteiger partial charge in [-0.05, 0) is 40.2 Å². The zero-order chi connectivity index (χ0) is 14.7. The molecule has 0 aliphatic rings. The lowest BCUT2D eigenvalue weighted by Crippen LogP contribution is -2.14. The Labute approximate surface area is 130 Å². The molecule has 2 rings (SSSR count). The number of anilines is 2. The second-order valence-electron chi connectivity index (χ2n) is 4.36. The van der Waals surface area contributed by atoms with Gasteiger partial charge in [0.15, 0.2) is 0 Å². The predicted octanol–water partition coefficient (Wildman–Crippen LogP) is 3.82. The number of carbonyl (C=O) groups excluding carboxylic acids is 1. The predicted molar refractivity (Wildman–Crippen MR) is 85.7 cm³/mol. The number of nitrogens with one attached hydrogen (secondary N) is 1. The summed E-state index contributed by atoms with van der Waals surface area (Å²) in [6.45, 7) is 0. The Kier molecular flexibility index (Phi) is 4.62. The first-order valence-corrected chi connectivity index (χ1v) is 7.05. The summed E-state index contributed by atoms with van der Waals surface area (Å²) in [5.74, 6) is 0.555. The number of hydrogen-bond acceptors (Lipinski definition) is 3. The Balaban J connectivity index is 2.17. The number of carbonyl (C=O) groups is 1. The Morgan fingerprint density at radius 2 is 2.05 bits per heavy atom. The fraction of sp³-hybridized carbons (Fsp3) is 0.143. The third kappa shape index (κ3) is 3.29. The summed E-state index contributed by atoms with van der Waals surface area (Å²) in [4.78, 5) is 18.3. The minimum atomic E-state index is -0.268. The highest BCUT2D eigenvalue weighted by Crippen LogP contribution is 2.26. The lowest BCUT2D eigenvalue weighted by Gasteiger charge is -2.12. The molecule has 0 unspecified atom stereocenters. The number of aromatic nitrogens is 1. The number of nitrogens with zero attached hydrogens (tertiary/aromatic N) is 2. The number of halogens is 2. The largest absolute Gasteiger partial charge is 0.363 e. The first-order valence-electron chi connectivity index (χ1n) is 5.88. The molecule has 1 amide bonds. The van der Waals surface area contributed by atoms with Crippen LogP contribution in [0.25, 0.3) is 0 Å². The van der Waals surface area contributed by atoms with Gasteiger partial charge in [0.2, 0.25) is 0 Å². The molecule has 1 aromatic carbocycles. The number of pyridine rings is 1. The molecule has 6 heteroatoms. The lowest BCUT2D eigenvalue weighted by atomic mass is 10.2. The summed E-state index contributed by atoms with van der Waals surface area (Å²) in [6.07, 6.45) is 1.61. The molecule has 0 spiro atoms. The van der Waals surface area contributed by atoms with Crippen LogP contribution in [0.3, 0.4) is 0 Å². The van der Waals surface area contributed by atoms with Crippen LogP contribution in [0, 0.1) is 0 Å². The van der Waals surface area contributed by atoms with Crippen LogP contribution >= 0.6 is 27.5 Å². The third-order valence-corrected chi connectivity index (χ3v) is 3.96. The van der Waals surface area contributed by atoms with Crippen LogP contribution in [0.5, 0.6) is 0 Å². The third-order valence-electron chi connectivity index (χ3n) is 2.66. The standard InChI is InChI=1S/C14H13BrClN3O/c1-19(2)12-7-6-9(8-17-12)18-14(20)10-4-3-5-11(15)13(10)16/h3-8H,1-2H3,(H,18,20). The summed E-state index contributed by atoms with van der Waals surface area (Å²) in [5.41, 5.74) is 1.04. The lowest BCUT2D eigenvalue weighted by molar-refractivity contribution is 0.102. The highest BCUT2D eigenvalue weighted by Gasteiger charge is 2.12. The van der Waals surface area contributed by atoms with Crippen molar-refractivity contribution in [3.63, 3.8) is 0 Å². The molecule has 0 radical (unpaired) electrons. The summed E-state index contributed by atoms with van der Waals surface area (Å²) in [6, 6.07) is 8.85. The van der Waals surface area contributed by atoms with Crippen LogP contribution < -0.4 is 10.2 Å². The van der Waals surface area contributed by atoms with E-state index >= 15 is 0 Å². The van der Waals surface area contributed by atoms with E-state index in [4.69, 9.17) is 11.6 Å². The van der Waals surface area contributed by atoms with Crippen LogP contribution in [-0.2, 0) is 0 Å². The molecule has 0 aliphatic carbocycles. The first kappa shape index (κ1) is 14.8. The van der Waals surface area contributed by atoms with E-state index in [2.05, 4.69) is 26.2 Å². The second-order valence-corrected chi connectivity index (χ2v) is 5.59. The molecule has 4 nitrogen and oxygen atoms in total. The molecule has 0 atom stereocenters. The van der Waals surface area contributed by atoms with Crippen molar-refractivity contribution in [2.24, 2.45) is 0 Å². The van der Waals surface area contributed by atoms with E-state index < -0.39 is 0 Å². The van der Waals surface area contributed by atoms with Gasteiger partial charge in [0, 0.05) is 18.6 Å². The molecule has 1 aromatic heterocycles. The van der Waals surface area contributed by atoms with Gasteiger partial charge in [0.1, 0.15) is 5.82 Å². The molecule has 2 aromatic rings. The maximum atomic E-state index is 12.2. The van der Waals surface area contributed by atoms with Crippen molar-refractivity contribution < 1.29 is 4.79 Å². The van der Waals surface area contributed by atoms with Crippen LogP contribution in [0.1, 0.15) is 10.4 Å². The smallest absolute Gasteiger partial charge is 0.257 e. The molecule has 0 bridgehead atoms. The molecule has 0 saturated heterocycles. The number of hydrogen-bond donors (Lipinski definition) is 1. The topological polar surface area (TPSA) is 45.2 Å². The van der Waals surface area contributed by atoms with Crippen molar-refractivity contribution in [1.82, 2.24) is 4.98 Å². The molecule has 1 N–H and O–H groups in total. The molecule has 20 heavy (non-hydrogen) atoms. The zero-order valence-electron chi connectivity index (χ0n) is 11.0. The average molecular weight is 355 g/mol. The normalized spacial score (nSPS) is 10.2. The fourth-order valence-electron chi connectivity index (χ4n) is 1.60. The van der Waals surface area contributed by atoms with Gasteiger partial charge in [-0.3, -0.25) is 4.79 Å². The summed E-state index contributed by atoms with van der Waals surface area (Å²) in [7, 11) is 3.81. The Morgan fingerprint density at radius 3 is 2.65 bits per heavy atom. The SMILES string of the molecule is CN(C)c1ccc(NC(=O)c2cccc(Br)c2Cl)cn1. The van der Waals surface area contributed by atoms with Gasteiger partial charge in [-0.2, -0.15) is 0 Å². The van der Waals surface area contributed by atoms with E-state index in [1.807, 2.05) is 25.1 Å². The van der Waals surface area contributed by atoms with Crippen molar-refractivity contribution >= 4 is 44.9 Å². The highest BCUT2D eigenvalue weighted by atomic mass is 79.9. The number of benzene rings is 1. The molecule has 0 fully saturated rings. The van der Waals surface area contributed by atoms with Gasteiger partial charge in [0.05, 0.1) is 22.5 Å². The van der Waals surface area contributed by atoms with Gasteiger partial charge < -0.3 is 10.2 Å². The summed E-state index contributed by atoms with van der Waals surface area (Å²) < 4.78 is 0.688. The van der Waals surface area contributed by atoms with Crippen molar-refractivity contribution in [1.29, 1.82) is 0 Å². The minimum Gasteiger partial charge on any atom is -0.363 e. The fourth-order valence-corrected chi connectivity index (χ4v) is 2.18. The summed E-state index contributed by atoms with van der Waals surface area (Å²) >= 11 is 9.39. The van der Waals surface area contributed by atoms with Crippen molar-refractivity contribution in [2.75, 3.05) is 24.3 Å². The van der Waals surface area contributed by atoms with E-state index in [-0.39, 0.29) is 5.91 Å². The Hall–Kier alpha value is -1.59. The van der Waals surface area contributed by atoms with Gasteiger partial charge >= 0.3 is 0 Å².